The van der Waals surface area contributed by atoms with E-state index in [-0.39, 0.29) is 17.4 Å². The van der Waals surface area contributed by atoms with Crippen molar-refractivity contribution in [1.29, 1.82) is 0 Å². The minimum Gasteiger partial charge on any atom is -0.376 e. The van der Waals surface area contributed by atoms with Gasteiger partial charge in [0.1, 0.15) is 11.2 Å². The molecular weight excluding hydrogens is 468 g/mol. The number of nitrogens with zero attached hydrogens (tertiary/aromatic N) is 3. The van der Waals surface area contributed by atoms with Gasteiger partial charge >= 0.3 is 5.76 Å². The van der Waals surface area contributed by atoms with Gasteiger partial charge in [-0.1, -0.05) is 36.3 Å². The number of para-hydroxylation sites is 1. The Morgan fingerprint density at radius 3 is 2.54 bits per heavy atom. The number of aromatic amines is 1. The lowest BCUT2D eigenvalue weighted by Crippen LogP contribution is -2.33. The van der Waals surface area contributed by atoms with Crippen LogP contribution in [0.5, 0.6) is 0 Å². The average molecular weight is 501 g/mol. The molecule has 0 unspecified atom stereocenters. The van der Waals surface area contributed by atoms with Crippen molar-refractivity contribution >= 4 is 22.5 Å². The van der Waals surface area contributed by atoms with Crippen LogP contribution in [0.3, 0.4) is 0 Å². The quantitative estimate of drug-likeness (QED) is 0.414. The topological polar surface area (TPSA) is 93.4 Å². The second-order valence-corrected chi connectivity index (χ2v) is 11.2. The molecule has 1 saturated heterocycles. The van der Waals surface area contributed by atoms with E-state index in [1.807, 2.05) is 36.4 Å². The molecule has 8 nitrogen and oxygen atoms in total. The highest BCUT2D eigenvalue weighted by Crippen LogP contribution is 2.56. The monoisotopic (exact) mass is 500 g/mol. The molecule has 37 heavy (non-hydrogen) atoms. The van der Waals surface area contributed by atoms with Crippen LogP contribution >= 0.6 is 0 Å². The fourth-order valence-electron chi connectivity index (χ4n) is 6.10. The number of fused-ring (bicyclic) bond motifs is 1. The van der Waals surface area contributed by atoms with E-state index in [9.17, 15) is 9.59 Å². The summed E-state index contributed by atoms with van der Waals surface area (Å²) in [4.78, 5) is 30.3. The fraction of sp³-hybridized carbons (Fsp3) is 0.414. The van der Waals surface area contributed by atoms with Crippen molar-refractivity contribution in [3.05, 3.63) is 82.2 Å². The number of hydrogen-bond donors (Lipinski definition) is 1. The first-order chi connectivity index (χ1) is 17.7. The Balaban J connectivity index is 1.51. The number of aromatic nitrogens is 3. The minimum atomic E-state index is -0.654. The standard InChI is InChI=1S/C29H32N4O4/c1-18-16-29(18,26-30-27(35)37-31-26)33-23-11-10-19(20-12-13-36-28(2,3)17-20)14-21(23)15-24(33)25(34)32(4)22-8-6-5-7-9-22/h5-11,14-15,18,20H,12-13,16-17H2,1-4H3,(H,30,31,35)/t18-,20+,29-/m1/s1. The first-order valence-corrected chi connectivity index (χ1v) is 12.9. The van der Waals surface area contributed by atoms with Gasteiger partial charge in [0.2, 0.25) is 0 Å². The molecule has 1 N–H and O–H groups in total. The highest BCUT2D eigenvalue weighted by Gasteiger charge is 2.59. The molecule has 2 aliphatic rings. The Kier molecular flexibility index (Phi) is 5.42. The minimum absolute atomic E-state index is 0.125. The van der Waals surface area contributed by atoms with Gasteiger partial charge in [-0.2, -0.15) is 0 Å². The number of anilines is 1. The second-order valence-electron chi connectivity index (χ2n) is 11.2. The van der Waals surface area contributed by atoms with Crippen molar-refractivity contribution in [2.45, 2.75) is 57.1 Å². The number of carbonyl (C=O) groups is 1. The van der Waals surface area contributed by atoms with Crippen LogP contribution in [0.2, 0.25) is 0 Å². The molecule has 6 rings (SSSR count). The molecular formula is C29H32N4O4. The van der Waals surface area contributed by atoms with Crippen molar-refractivity contribution in [3.63, 3.8) is 0 Å². The zero-order valence-electron chi connectivity index (χ0n) is 21.7. The third kappa shape index (κ3) is 3.91. The molecule has 4 aromatic rings. The molecule has 2 fully saturated rings. The average Bonchev–Trinajstić information content (AvgIpc) is 3.19. The van der Waals surface area contributed by atoms with Crippen molar-refractivity contribution in [2.75, 3.05) is 18.6 Å². The van der Waals surface area contributed by atoms with Crippen LogP contribution in [0, 0.1) is 5.92 Å². The van der Waals surface area contributed by atoms with Crippen LogP contribution in [0.15, 0.2) is 63.9 Å². The highest BCUT2D eigenvalue weighted by molar-refractivity contribution is 6.08. The van der Waals surface area contributed by atoms with Crippen molar-refractivity contribution in [3.8, 4) is 0 Å². The summed E-state index contributed by atoms with van der Waals surface area (Å²) in [7, 11) is 1.79. The van der Waals surface area contributed by atoms with Crippen LogP contribution in [-0.2, 0) is 10.3 Å². The summed E-state index contributed by atoms with van der Waals surface area (Å²) in [6.45, 7) is 7.12. The van der Waals surface area contributed by atoms with Gasteiger partial charge in [0.25, 0.3) is 5.91 Å². The van der Waals surface area contributed by atoms with E-state index < -0.39 is 11.3 Å². The zero-order valence-corrected chi connectivity index (χ0v) is 21.7. The summed E-state index contributed by atoms with van der Waals surface area (Å²) in [5.41, 5.74) is 2.74. The van der Waals surface area contributed by atoms with Crippen molar-refractivity contribution in [1.82, 2.24) is 14.7 Å². The molecule has 1 aliphatic heterocycles. The summed E-state index contributed by atoms with van der Waals surface area (Å²) in [5, 5.41) is 5.07. The first-order valence-electron chi connectivity index (χ1n) is 12.9. The number of H-pyrrole nitrogens is 1. The molecule has 2 aromatic heterocycles. The number of nitrogens with one attached hydrogen (secondary N) is 1. The molecule has 1 saturated carbocycles. The number of hydrogen-bond acceptors (Lipinski definition) is 5. The third-order valence-corrected chi connectivity index (χ3v) is 8.18. The van der Waals surface area contributed by atoms with Gasteiger partial charge in [0, 0.05) is 30.2 Å². The van der Waals surface area contributed by atoms with E-state index in [0.29, 0.717) is 17.4 Å². The van der Waals surface area contributed by atoms with Gasteiger partial charge in [-0.25, -0.2) is 4.79 Å². The number of ether oxygens (including phenoxy) is 1. The van der Waals surface area contributed by atoms with Crippen LogP contribution < -0.4 is 10.7 Å². The Morgan fingerprint density at radius 2 is 1.89 bits per heavy atom. The molecule has 2 aromatic carbocycles. The van der Waals surface area contributed by atoms with E-state index in [1.54, 1.807) is 11.9 Å². The van der Waals surface area contributed by atoms with E-state index in [0.717, 1.165) is 42.5 Å². The Bertz CT molecular complexity index is 1530. The summed E-state index contributed by atoms with van der Waals surface area (Å²) in [6, 6.07) is 18.1. The lowest BCUT2D eigenvalue weighted by Gasteiger charge is -2.35. The summed E-state index contributed by atoms with van der Waals surface area (Å²) < 4.78 is 12.9. The zero-order chi connectivity index (χ0) is 25.9. The van der Waals surface area contributed by atoms with Crippen molar-refractivity contribution in [2.24, 2.45) is 5.92 Å². The van der Waals surface area contributed by atoms with Gasteiger partial charge in [-0.05, 0) is 80.8 Å². The van der Waals surface area contributed by atoms with E-state index in [1.165, 1.54) is 5.56 Å². The molecule has 8 heteroatoms. The fourth-order valence-corrected chi connectivity index (χ4v) is 6.10. The predicted molar refractivity (Wildman–Crippen MR) is 141 cm³/mol. The summed E-state index contributed by atoms with van der Waals surface area (Å²) >= 11 is 0. The van der Waals surface area contributed by atoms with E-state index in [4.69, 9.17) is 9.26 Å². The predicted octanol–water partition coefficient (Wildman–Crippen LogP) is 5.05. The summed E-state index contributed by atoms with van der Waals surface area (Å²) in [5.74, 6) is 0.287. The third-order valence-electron chi connectivity index (χ3n) is 8.18. The molecule has 3 heterocycles. The van der Waals surface area contributed by atoms with Gasteiger partial charge < -0.3 is 14.2 Å². The number of rotatable bonds is 5. The molecule has 1 amide bonds. The molecule has 0 spiro atoms. The Hall–Kier alpha value is -3.65. The normalized spacial score (nSPS) is 24.8. The summed E-state index contributed by atoms with van der Waals surface area (Å²) in [6.07, 6.45) is 2.66. The largest absolute Gasteiger partial charge is 0.438 e. The Morgan fingerprint density at radius 1 is 1.14 bits per heavy atom. The van der Waals surface area contributed by atoms with E-state index in [2.05, 4.69) is 53.7 Å². The second kappa shape index (κ2) is 8.45. The lowest BCUT2D eigenvalue weighted by atomic mass is 9.83. The first kappa shape index (κ1) is 23.7. The maximum atomic E-state index is 14.0. The van der Waals surface area contributed by atoms with Crippen molar-refractivity contribution < 1.29 is 14.1 Å². The molecule has 0 bridgehead atoms. The van der Waals surface area contributed by atoms with Crippen LogP contribution in [0.1, 0.15) is 67.8 Å². The van der Waals surface area contributed by atoms with Crippen LogP contribution in [0.4, 0.5) is 5.69 Å². The molecule has 0 radical (unpaired) electrons. The van der Waals surface area contributed by atoms with E-state index >= 15 is 0 Å². The molecule has 1 aliphatic carbocycles. The van der Waals surface area contributed by atoms with Gasteiger partial charge in [0.15, 0.2) is 5.82 Å². The van der Waals surface area contributed by atoms with Gasteiger partial charge in [-0.15, -0.1) is 0 Å². The maximum Gasteiger partial charge on any atom is 0.438 e. The van der Waals surface area contributed by atoms with Crippen LogP contribution in [0.25, 0.3) is 10.9 Å². The smallest absolute Gasteiger partial charge is 0.376 e. The Labute approximate surface area is 215 Å². The SMILES string of the molecule is C[C@@H]1C[C@@]1(c1noc(=O)[nH]1)n1c(C(=O)N(C)c2ccccc2)cc2cc([C@H]3CCOC(C)(C)C3)ccc21. The van der Waals surface area contributed by atoms with Gasteiger partial charge in [0.05, 0.1) is 5.60 Å². The maximum absolute atomic E-state index is 14.0. The molecule has 192 valence electrons. The highest BCUT2D eigenvalue weighted by atomic mass is 16.5. The number of benzene rings is 2. The lowest BCUT2D eigenvalue weighted by molar-refractivity contribution is -0.0592. The van der Waals surface area contributed by atoms with Gasteiger partial charge in [-0.3, -0.25) is 14.3 Å². The number of carbonyl (C=O) groups excluding carboxylic acids is 1. The molecule has 3 atom stereocenters. The number of amides is 1. The van der Waals surface area contributed by atoms with Crippen LogP contribution in [-0.4, -0.2) is 39.9 Å².